The van der Waals surface area contributed by atoms with Crippen LogP contribution < -0.4 is 16.4 Å². The molecule has 1 heterocycles. The zero-order valence-electron chi connectivity index (χ0n) is 12.4. The van der Waals surface area contributed by atoms with Crippen molar-refractivity contribution in [1.82, 2.24) is 10.6 Å². The molecule has 1 aliphatic rings. The molecule has 11 heteroatoms. The summed E-state index contributed by atoms with van der Waals surface area (Å²) in [6.07, 6.45) is -4.33. The normalized spacial score (nSPS) is 32.3. The van der Waals surface area contributed by atoms with Crippen molar-refractivity contribution >= 4 is 12.0 Å². The smallest absolute Gasteiger partial charge is 0.320 e. The molecule has 1 saturated heterocycles. The highest BCUT2D eigenvalue weighted by Gasteiger charge is 2.48. The first-order valence-corrected chi connectivity index (χ1v) is 7.07. The van der Waals surface area contributed by atoms with Gasteiger partial charge in [-0.05, 0) is 12.8 Å². The lowest BCUT2D eigenvalue weighted by Crippen LogP contribution is -2.65. The van der Waals surface area contributed by atoms with E-state index in [4.69, 9.17) is 15.6 Å². The topological polar surface area (TPSA) is 195 Å². The Labute approximate surface area is 132 Å². The molecule has 0 aromatic rings. The Kier molecular flexibility index (Phi) is 7.12. The molecule has 1 fully saturated rings. The third-order valence-corrected chi connectivity index (χ3v) is 3.55. The van der Waals surface area contributed by atoms with Crippen LogP contribution in [0.15, 0.2) is 0 Å². The SMILES string of the molecule is NC(=O)NCCCC(NC[C@@]1(O)OC[C@@H](O)[C@@H](O)[C@@H]1O)C(=O)O. The van der Waals surface area contributed by atoms with Crippen molar-refractivity contribution in [3.63, 3.8) is 0 Å². The third kappa shape index (κ3) is 5.57. The monoisotopic (exact) mass is 337 g/mol. The minimum Gasteiger partial charge on any atom is -0.480 e. The van der Waals surface area contributed by atoms with E-state index in [1.165, 1.54) is 0 Å². The number of ether oxygens (including phenoxy) is 1. The van der Waals surface area contributed by atoms with E-state index in [1.54, 1.807) is 0 Å². The maximum absolute atomic E-state index is 11.2. The van der Waals surface area contributed by atoms with E-state index in [0.717, 1.165) is 0 Å². The highest BCUT2D eigenvalue weighted by atomic mass is 16.6. The van der Waals surface area contributed by atoms with Crippen LogP contribution in [0.2, 0.25) is 0 Å². The molecule has 0 saturated carbocycles. The van der Waals surface area contributed by atoms with Crippen LogP contribution in [0.4, 0.5) is 4.79 Å². The molecule has 11 nitrogen and oxygen atoms in total. The van der Waals surface area contributed by atoms with Gasteiger partial charge in [0.05, 0.1) is 13.2 Å². The van der Waals surface area contributed by atoms with Gasteiger partial charge in [-0.15, -0.1) is 0 Å². The van der Waals surface area contributed by atoms with Crippen LogP contribution >= 0.6 is 0 Å². The van der Waals surface area contributed by atoms with Crippen molar-refractivity contribution in [3.05, 3.63) is 0 Å². The zero-order valence-corrected chi connectivity index (χ0v) is 12.4. The minimum absolute atomic E-state index is 0.118. The Hall–Kier alpha value is -1.50. The summed E-state index contributed by atoms with van der Waals surface area (Å²) in [7, 11) is 0. The third-order valence-electron chi connectivity index (χ3n) is 3.55. The predicted molar refractivity (Wildman–Crippen MR) is 75.2 cm³/mol. The van der Waals surface area contributed by atoms with E-state index >= 15 is 0 Å². The quantitative estimate of drug-likeness (QED) is 0.205. The first kappa shape index (κ1) is 19.5. The van der Waals surface area contributed by atoms with E-state index < -0.39 is 55.3 Å². The molecule has 23 heavy (non-hydrogen) atoms. The van der Waals surface area contributed by atoms with E-state index in [1.807, 2.05) is 0 Å². The molecule has 9 N–H and O–H groups in total. The van der Waals surface area contributed by atoms with E-state index in [0.29, 0.717) is 6.42 Å². The summed E-state index contributed by atoms with van der Waals surface area (Å²) in [5, 5.41) is 52.7. The van der Waals surface area contributed by atoms with E-state index in [2.05, 4.69) is 10.6 Å². The Morgan fingerprint density at radius 1 is 1.35 bits per heavy atom. The van der Waals surface area contributed by atoms with Crippen LogP contribution in [0.5, 0.6) is 0 Å². The van der Waals surface area contributed by atoms with Gasteiger partial charge in [0.1, 0.15) is 24.4 Å². The number of aliphatic hydroxyl groups is 4. The van der Waals surface area contributed by atoms with Gasteiger partial charge >= 0.3 is 12.0 Å². The fraction of sp³-hybridized carbons (Fsp3) is 0.833. The number of carbonyl (C=O) groups is 2. The molecule has 1 unspecified atom stereocenters. The lowest BCUT2D eigenvalue weighted by atomic mass is 9.96. The van der Waals surface area contributed by atoms with Gasteiger partial charge in [0.25, 0.3) is 0 Å². The summed E-state index contributed by atoms with van der Waals surface area (Å²) in [5.41, 5.74) is 4.88. The molecule has 5 atom stereocenters. The number of amides is 2. The lowest BCUT2D eigenvalue weighted by Gasteiger charge is -2.42. The molecule has 0 radical (unpaired) electrons. The number of carboxylic acids is 1. The Bertz CT molecular complexity index is 423. The summed E-state index contributed by atoms with van der Waals surface area (Å²) in [4.78, 5) is 21.7. The molecule has 0 aromatic carbocycles. The van der Waals surface area contributed by atoms with Crippen LogP contribution in [0, 0.1) is 0 Å². The number of rotatable bonds is 8. The lowest BCUT2D eigenvalue weighted by molar-refractivity contribution is -0.318. The first-order valence-electron chi connectivity index (χ1n) is 7.07. The highest BCUT2D eigenvalue weighted by Crippen LogP contribution is 2.23. The van der Waals surface area contributed by atoms with Gasteiger partial charge in [0.15, 0.2) is 0 Å². The summed E-state index contributed by atoms with van der Waals surface area (Å²) in [6.45, 7) is -0.691. The number of carboxylic acid groups (broad SMARTS) is 1. The second kappa shape index (κ2) is 8.38. The number of hydrogen-bond donors (Lipinski definition) is 8. The average molecular weight is 337 g/mol. The van der Waals surface area contributed by atoms with Crippen molar-refractivity contribution in [2.75, 3.05) is 19.7 Å². The van der Waals surface area contributed by atoms with Crippen molar-refractivity contribution in [2.24, 2.45) is 5.73 Å². The largest absolute Gasteiger partial charge is 0.480 e. The molecule has 0 spiro atoms. The van der Waals surface area contributed by atoms with Crippen molar-refractivity contribution in [3.8, 4) is 0 Å². The van der Waals surface area contributed by atoms with Gasteiger partial charge < -0.3 is 41.3 Å². The van der Waals surface area contributed by atoms with Crippen molar-refractivity contribution in [1.29, 1.82) is 0 Å². The summed E-state index contributed by atoms with van der Waals surface area (Å²) >= 11 is 0. The highest BCUT2D eigenvalue weighted by molar-refractivity contribution is 5.73. The van der Waals surface area contributed by atoms with Crippen LogP contribution in [0.25, 0.3) is 0 Å². The number of nitrogens with one attached hydrogen (secondary N) is 2. The fourth-order valence-electron chi connectivity index (χ4n) is 2.15. The number of carbonyl (C=O) groups excluding carboxylic acids is 1. The Morgan fingerprint density at radius 3 is 2.57 bits per heavy atom. The summed E-state index contributed by atoms with van der Waals surface area (Å²) in [6, 6.07) is -1.79. The minimum atomic E-state index is -2.22. The molecule has 1 rings (SSSR count). The van der Waals surface area contributed by atoms with Gasteiger partial charge in [-0.2, -0.15) is 0 Å². The molecular weight excluding hydrogens is 314 g/mol. The fourth-order valence-corrected chi connectivity index (χ4v) is 2.15. The number of aliphatic hydroxyl groups excluding tert-OH is 3. The second-order valence-corrected chi connectivity index (χ2v) is 5.36. The van der Waals surface area contributed by atoms with Crippen LogP contribution in [-0.4, -0.2) is 87.4 Å². The molecular formula is C12H23N3O8. The van der Waals surface area contributed by atoms with Gasteiger partial charge in [0.2, 0.25) is 5.79 Å². The Balaban J connectivity index is 2.50. The van der Waals surface area contributed by atoms with E-state index in [-0.39, 0.29) is 13.0 Å². The number of urea groups is 1. The number of primary amides is 1. The number of nitrogens with two attached hydrogens (primary N) is 1. The standard InChI is InChI=1S/C12H23N3O8/c13-11(21)14-3-1-2-6(10(19)20)15-5-12(22)9(18)8(17)7(16)4-23-12/h6-9,15-18,22H,1-5H2,(H,19,20)(H3,13,14,21)/t6?,7-,8-,9+,12-/m1/s1. The Morgan fingerprint density at radius 2 is 2.00 bits per heavy atom. The van der Waals surface area contributed by atoms with Gasteiger partial charge in [-0.25, -0.2) is 4.79 Å². The maximum Gasteiger partial charge on any atom is 0.320 e. The van der Waals surface area contributed by atoms with Crippen LogP contribution in [0.1, 0.15) is 12.8 Å². The van der Waals surface area contributed by atoms with Crippen molar-refractivity contribution < 1.29 is 39.9 Å². The zero-order chi connectivity index (χ0) is 17.6. The average Bonchev–Trinajstić information content (AvgIpc) is 2.48. The first-order chi connectivity index (χ1) is 10.7. The number of aliphatic carboxylic acids is 1. The van der Waals surface area contributed by atoms with Crippen LogP contribution in [0.3, 0.4) is 0 Å². The van der Waals surface area contributed by atoms with Gasteiger partial charge in [-0.3, -0.25) is 10.1 Å². The van der Waals surface area contributed by atoms with Crippen LogP contribution in [-0.2, 0) is 9.53 Å². The summed E-state index contributed by atoms with van der Waals surface area (Å²) in [5.74, 6) is -3.42. The number of hydrogen-bond acceptors (Lipinski definition) is 8. The molecule has 1 aliphatic heterocycles. The molecule has 2 amide bonds. The molecule has 134 valence electrons. The maximum atomic E-state index is 11.2. The van der Waals surface area contributed by atoms with Gasteiger partial charge in [-0.1, -0.05) is 0 Å². The predicted octanol–water partition coefficient (Wildman–Crippen LogP) is -3.72. The van der Waals surface area contributed by atoms with Gasteiger partial charge in [0, 0.05) is 6.54 Å². The van der Waals surface area contributed by atoms with Crippen molar-refractivity contribution in [2.45, 2.75) is 43.0 Å². The molecule has 0 aromatic heterocycles. The molecule has 0 aliphatic carbocycles. The molecule has 0 bridgehead atoms. The van der Waals surface area contributed by atoms with E-state index in [9.17, 15) is 30.0 Å². The second-order valence-electron chi connectivity index (χ2n) is 5.36. The summed E-state index contributed by atoms with van der Waals surface area (Å²) < 4.78 is 4.91.